The zero-order valence-electron chi connectivity index (χ0n) is 8.59. The van der Waals surface area contributed by atoms with Crippen molar-refractivity contribution < 1.29 is 14.3 Å². The third kappa shape index (κ3) is 2.54. The van der Waals surface area contributed by atoms with Crippen molar-refractivity contribution in [2.75, 3.05) is 5.32 Å². The van der Waals surface area contributed by atoms with Crippen molar-refractivity contribution in [2.45, 2.75) is 0 Å². The molecule has 6 heteroatoms. The van der Waals surface area contributed by atoms with Crippen LogP contribution in [0.5, 0.6) is 0 Å². The normalized spacial score (nSPS) is 9.94. The average Bonchev–Trinajstić information content (AvgIpc) is 2.29. The molecule has 0 bridgehead atoms. The minimum absolute atomic E-state index is 0.0238. The zero-order valence-corrected chi connectivity index (χ0v) is 8.59. The highest BCUT2D eigenvalue weighted by molar-refractivity contribution is 5.93. The molecule has 0 saturated heterocycles. The molecule has 2 rings (SSSR count). The van der Waals surface area contributed by atoms with Crippen molar-refractivity contribution in [1.29, 1.82) is 0 Å². The lowest BCUT2D eigenvalue weighted by atomic mass is 10.2. The van der Waals surface area contributed by atoms with Crippen LogP contribution in [0.25, 0.3) is 0 Å². The van der Waals surface area contributed by atoms with E-state index < -0.39 is 11.8 Å². The van der Waals surface area contributed by atoms with Crippen LogP contribution in [0.15, 0.2) is 36.5 Å². The van der Waals surface area contributed by atoms with Crippen LogP contribution in [0.1, 0.15) is 10.4 Å². The van der Waals surface area contributed by atoms with E-state index in [-0.39, 0.29) is 11.4 Å². The Kier molecular flexibility index (Phi) is 2.95. The van der Waals surface area contributed by atoms with Gasteiger partial charge in [0, 0.05) is 5.69 Å². The van der Waals surface area contributed by atoms with E-state index in [9.17, 15) is 9.18 Å². The first-order valence-electron chi connectivity index (χ1n) is 4.74. The fourth-order valence-corrected chi connectivity index (χ4v) is 1.30. The lowest BCUT2D eigenvalue weighted by Gasteiger charge is -2.06. The topological polar surface area (TPSA) is 75.1 Å². The maximum atomic E-state index is 12.9. The molecule has 0 aliphatic heterocycles. The Morgan fingerprint density at radius 3 is 2.88 bits per heavy atom. The molecule has 2 aromatic rings. The van der Waals surface area contributed by atoms with Gasteiger partial charge in [0.25, 0.3) is 0 Å². The predicted molar refractivity (Wildman–Crippen MR) is 58.7 cm³/mol. The molecule has 0 atom stereocenters. The molecule has 0 spiro atoms. The second-order valence-electron chi connectivity index (χ2n) is 3.23. The van der Waals surface area contributed by atoms with Gasteiger partial charge in [0.15, 0.2) is 5.82 Å². The van der Waals surface area contributed by atoms with E-state index in [1.54, 1.807) is 6.07 Å². The zero-order chi connectivity index (χ0) is 12.3. The predicted octanol–water partition coefficient (Wildman–Crippen LogP) is 2.06. The van der Waals surface area contributed by atoms with Gasteiger partial charge in [0.2, 0.25) is 0 Å². The summed E-state index contributed by atoms with van der Waals surface area (Å²) in [6.45, 7) is 0. The molecule has 0 fully saturated rings. The molecular weight excluding hydrogens is 225 g/mol. The van der Waals surface area contributed by atoms with E-state index in [4.69, 9.17) is 5.11 Å². The molecule has 0 aliphatic rings. The van der Waals surface area contributed by atoms with Crippen molar-refractivity contribution >= 4 is 17.5 Å². The summed E-state index contributed by atoms with van der Waals surface area (Å²) in [7, 11) is 0. The van der Waals surface area contributed by atoms with Gasteiger partial charge in [0.05, 0.1) is 6.20 Å². The maximum Gasteiger partial charge on any atom is 0.339 e. The molecule has 1 aromatic heterocycles. The molecule has 0 amide bonds. The van der Waals surface area contributed by atoms with E-state index in [1.165, 1.54) is 30.5 Å². The van der Waals surface area contributed by atoms with Gasteiger partial charge < -0.3 is 10.4 Å². The number of nitrogens with zero attached hydrogens (tertiary/aromatic N) is 2. The summed E-state index contributed by atoms with van der Waals surface area (Å²) >= 11 is 0. The number of anilines is 2. The molecule has 0 aliphatic carbocycles. The fraction of sp³-hybridized carbons (Fsp3) is 0. The number of carboxylic acid groups (broad SMARTS) is 1. The number of aromatic carboxylic acids is 1. The molecular formula is C11H8FN3O2. The summed E-state index contributed by atoms with van der Waals surface area (Å²) in [6, 6.07) is 6.95. The quantitative estimate of drug-likeness (QED) is 0.848. The minimum Gasteiger partial charge on any atom is -0.478 e. The molecule has 86 valence electrons. The van der Waals surface area contributed by atoms with Gasteiger partial charge in [-0.3, -0.25) is 0 Å². The van der Waals surface area contributed by atoms with Crippen molar-refractivity contribution in [2.24, 2.45) is 0 Å². The van der Waals surface area contributed by atoms with Crippen LogP contribution >= 0.6 is 0 Å². The Morgan fingerprint density at radius 1 is 1.35 bits per heavy atom. The number of benzene rings is 1. The highest BCUT2D eigenvalue weighted by Crippen LogP contribution is 2.18. The van der Waals surface area contributed by atoms with Gasteiger partial charge in [0.1, 0.15) is 11.4 Å². The third-order valence-corrected chi connectivity index (χ3v) is 2.04. The van der Waals surface area contributed by atoms with E-state index in [1.807, 2.05) is 0 Å². The number of carboxylic acids is 1. The van der Waals surface area contributed by atoms with Crippen LogP contribution in [0.4, 0.5) is 15.9 Å². The summed E-state index contributed by atoms with van der Waals surface area (Å²) in [4.78, 5) is 10.9. The van der Waals surface area contributed by atoms with Crippen molar-refractivity contribution in [3.63, 3.8) is 0 Å². The standard InChI is InChI=1S/C11H8FN3O2/c12-7-2-1-3-8(6-7)14-10-9(11(16)17)4-5-13-15-10/h1-6H,(H,14,15)(H,16,17). The maximum absolute atomic E-state index is 12.9. The van der Waals surface area contributed by atoms with E-state index in [0.29, 0.717) is 5.69 Å². The van der Waals surface area contributed by atoms with Gasteiger partial charge in [-0.05, 0) is 24.3 Å². The minimum atomic E-state index is -1.13. The molecule has 2 N–H and O–H groups in total. The molecule has 1 heterocycles. The largest absolute Gasteiger partial charge is 0.478 e. The Labute approximate surface area is 95.9 Å². The lowest BCUT2D eigenvalue weighted by molar-refractivity contribution is 0.0697. The smallest absolute Gasteiger partial charge is 0.339 e. The van der Waals surface area contributed by atoms with E-state index in [0.717, 1.165) is 0 Å². The van der Waals surface area contributed by atoms with Crippen molar-refractivity contribution in [1.82, 2.24) is 10.2 Å². The van der Waals surface area contributed by atoms with Gasteiger partial charge in [-0.15, -0.1) is 5.10 Å². The van der Waals surface area contributed by atoms with E-state index >= 15 is 0 Å². The molecule has 0 radical (unpaired) electrons. The first-order chi connectivity index (χ1) is 8.16. The van der Waals surface area contributed by atoms with Crippen LogP contribution in [0, 0.1) is 5.82 Å². The summed E-state index contributed by atoms with van der Waals surface area (Å²) in [5.74, 6) is -1.47. The van der Waals surface area contributed by atoms with Crippen molar-refractivity contribution in [3.05, 3.63) is 47.9 Å². The van der Waals surface area contributed by atoms with Gasteiger partial charge >= 0.3 is 5.97 Å². The van der Waals surface area contributed by atoms with Crippen LogP contribution in [0.2, 0.25) is 0 Å². The van der Waals surface area contributed by atoms with Gasteiger partial charge in [-0.2, -0.15) is 5.10 Å². The number of hydrogen-bond acceptors (Lipinski definition) is 4. The Hall–Kier alpha value is -2.50. The first kappa shape index (κ1) is 11.0. The number of aromatic nitrogens is 2. The highest BCUT2D eigenvalue weighted by Gasteiger charge is 2.11. The lowest BCUT2D eigenvalue weighted by Crippen LogP contribution is -2.05. The number of nitrogens with one attached hydrogen (secondary N) is 1. The van der Waals surface area contributed by atoms with Crippen LogP contribution in [0.3, 0.4) is 0 Å². The molecule has 0 unspecified atom stereocenters. The summed E-state index contributed by atoms with van der Waals surface area (Å²) < 4.78 is 12.9. The van der Waals surface area contributed by atoms with Crippen molar-refractivity contribution in [3.8, 4) is 0 Å². The van der Waals surface area contributed by atoms with Crippen LogP contribution in [-0.4, -0.2) is 21.3 Å². The van der Waals surface area contributed by atoms with Crippen LogP contribution in [-0.2, 0) is 0 Å². The number of hydrogen-bond donors (Lipinski definition) is 2. The van der Waals surface area contributed by atoms with Crippen LogP contribution < -0.4 is 5.32 Å². The number of halogens is 1. The van der Waals surface area contributed by atoms with E-state index in [2.05, 4.69) is 15.5 Å². The van der Waals surface area contributed by atoms with Gasteiger partial charge in [-0.1, -0.05) is 6.07 Å². The number of carbonyl (C=O) groups is 1. The Bertz CT molecular complexity index is 560. The molecule has 1 aromatic carbocycles. The molecule has 5 nitrogen and oxygen atoms in total. The summed E-state index contributed by atoms with van der Waals surface area (Å²) in [5.41, 5.74) is 0.386. The first-order valence-corrected chi connectivity index (χ1v) is 4.74. The monoisotopic (exact) mass is 233 g/mol. The Morgan fingerprint density at radius 2 is 2.18 bits per heavy atom. The second kappa shape index (κ2) is 4.56. The average molecular weight is 233 g/mol. The number of rotatable bonds is 3. The SMILES string of the molecule is O=C(O)c1ccnnc1Nc1cccc(F)c1. The summed E-state index contributed by atoms with van der Waals surface area (Å²) in [6.07, 6.45) is 1.28. The second-order valence-corrected chi connectivity index (χ2v) is 3.23. The third-order valence-electron chi connectivity index (χ3n) is 2.04. The molecule has 17 heavy (non-hydrogen) atoms. The van der Waals surface area contributed by atoms with Gasteiger partial charge in [-0.25, -0.2) is 9.18 Å². The molecule has 0 saturated carbocycles. The Balaban J connectivity index is 2.33. The highest BCUT2D eigenvalue weighted by atomic mass is 19.1. The summed E-state index contributed by atoms with van der Waals surface area (Å²) in [5, 5.41) is 18.9. The fourth-order valence-electron chi connectivity index (χ4n) is 1.30.